The maximum Gasteiger partial charge on any atom is 0.306 e. The highest BCUT2D eigenvalue weighted by Crippen LogP contribution is 2.18. The molecule has 0 bridgehead atoms. The van der Waals surface area contributed by atoms with Crippen molar-refractivity contribution >= 4 is 11.9 Å². The molecule has 62 heavy (non-hydrogen) atoms. The minimum atomic E-state index is -0.763. The summed E-state index contributed by atoms with van der Waals surface area (Å²) in [5, 5.41) is 9.63. The van der Waals surface area contributed by atoms with Crippen molar-refractivity contribution in [1.29, 1.82) is 0 Å². The van der Waals surface area contributed by atoms with E-state index in [0.717, 1.165) is 32.1 Å². The van der Waals surface area contributed by atoms with Gasteiger partial charge in [-0.05, 0) is 12.8 Å². The van der Waals surface area contributed by atoms with Crippen LogP contribution in [0.15, 0.2) is 0 Å². The van der Waals surface area contributed by atoms with Crippen molar-refractivity contribution in [2.45, 2.75) is 341 Å². The Morgan fingerprint density at radius 1 is 0.306 bits per heavy atom. The molecule has 0 aliphatic carbocycles. The van der Waals surface area contributed by atoms with E-state index < -0.39 is 6.10 Å². The highest BCUT2D eigenvalue weighted by Gasteiger charge is 2.16. The van der Waals surface area contributed by atoms with Gasteiger partial charge in [0.1, 0.15) is 6.61 Å². The first-order chi connectivity index (χ1) is 30.6. The van der Waals surface area contributed by atoms with Gasteiger partial charge in [-0.25, -0.2) is 0 Å². The average Bonchev–Trinajstić information content (AvgIpc) is 3.28. The van der Waals surface area contributed by atoms with E-state index in [1.165, 1.54) is 276 Å². The molecule has 0 aromatic heterocycles. The number of carbonyl (C=O) groups is 2. The topological polar surface area (TPSA) is 72.8 Å². The fourth-order valence-electron chi connectivity index (χ4n) is 9.09. The zero-order chi connectivity index (χ0) is 44.9. The smallest absolute Gasteiger partial charge is 0.306 e. The molecule has 0 saturated carbocycles. The van der Waals surface area contributed by atoms with E-state index in [0.29, 0.717) is 12.8 Å². The lowest BCUT2D eigenvalue weighted by Gasteiger charge is -2.15. The molecule has 1 unspecified atom stereocenters. The SMILES string of the molecule is CCCCCCCCCCCCCCCCCCCCCCCCCCCCCCCCCCC(=O)OC(CO)COC(=O)CCCCCCCCCCCCCCCCCC. The largest absolute Gasteiger partial charge is 0.462 e. The number of rotatable bonds is 54. The molecular formula is C57H112O5. The number of unbranched alkanes of at least 4 members (excludes halogenated alkanes) is 46. The van der Waals surface area contributed by atoms with Gasteiger partial charge in [-0.3, -0.25) is 9.59 Å². The number of hydrogen-bond donors (Lipinski definition) is 1. The van der Waals surface area contributed by atoms with Crippen LogP contribution in [0.25, 0.3) is 0 Å². The normalized spacial score (nSPS) is 12.0. The van der Waals surface area contributed by atoms with Gasteiger partial charge in [0.2, 0.25) is 0 Å². The van der Waals surface area contributed by atoms with Crippen molar-refractivity contribution in [3.63, 3.8) is 0 Å². The molecule has 0 aromatic carbocycles. The Bertz CT molecular complexity index is 860. The highest BCUT2D eigenvalue weighted by atomic mass is 16.6. The van der Waals surface area contributed by atoms with Gasteiger partial charge >= 0.3 is 11.9 Å². The first-order valence-electron chi connectivity index (χ1n) is 28.6. The lowest BCUT2D eigenvalue weighted by atomic mass is 10.0. The molecular weight excluding hydrogens is 765 g/mol. The van der Waals surface area contributed by atoms with Crippen molar-refractivity contribution < 1.29 is 24.2 Å². The molecule has 0 spiro atoms. The van der Waals surface area contributed by atoms with E-state index >= 15 is 0 Å². The molecule has 1 N–H and O–H groups in total. The van der Waals surface area contributed by atoms with Crippen LogP contribution in [-0.4, -0.2) is 36.4 Å². The average molecular weight is 878 g/mol. The second-order valence-electron chi connectivity index (χ2n) is 19.7. The molecule has 5 nitrogen and oxygen atoms in total. The van der Waals surface area contributed by atoms with E-state index in [1.54, 1.807) is 0 Å². The van der Waals surface area contributed by atoms with Gasteiger partial charge in [-0.2, -0.15) is 0 Å². The lowest BCUT2D eigenvalue weighted by molar-refractivity contribution is -0.161. The molecule has 5 heteroatoms. The van der Waals surface area contributed by atoms with Crippen molar-refractivity contribution in [2.75, 3.05) is 13.2 Å². The van der Waals surface area contributed by atoms with E-state index in [9.17, 15) is 14.7 Å². The quantitative estimate of drug-likeness (QED) is 0.0487. The summed E-state index contributed by atoms with van der Waals surface area (Å²) in [5.41, 5.74) is 0. The van der Waals surface area contributed by atoms with Crippen LogP contribution < -0.4 is 0 Å². The minimum absolute atomic E-state index is 0.0560. The van der Waals surface area contributed by atoms with Crippen molar-refractivity contribution in [2.24, 2.45) is 0 Å². The van der Waals surface area contributed by atoms with Crippen LogP contribution in [0.5, 0.6) is 0 Å². The van der Waals surface area contributed by atoms with Gasteiger partial charge in [0, 0.05) is 12.8 Å². The molecule has 0 radical (unpaired) electrons. The predicted molar refractivity (Wildman–Crippen MR) is 270 cm³/mol. The van der Waals surface area contributed by atoms with Gasteiger partial charge in [0.05, 0.1) is 6.61 Å². The number of hydrogen-bond acceptors (Lipinski definition) is 5. The standard InChI is InChI=1S/C57H112O5/c1-3-5-7-9-11-13-15-17-19-21-22-23-24-25-26-27-28-29-30-31-32-33-34-35-36-38-40-42-44-46-48-50-52-57(60)62-55(53-58)54-61-56(59)51-49-47-45-43-41-39-37-20-18-16-14-12-10-8-6-4-2/h55,58H,3-54H2,1-2H3. The third-order valence-electron chi connectivity index (χ3n) is 13.4. The Labute approximate surface area is 389 Å². The lowest BCUT2D eigenvalue weighted by Crippen LogP contribution is -2.28. The summed E-state index contributed by atoms with van der Waals surface area (Å²) >= 11 is 0. The zero-order valence-electron chi connectivity index (χ0n) is 42.4. The van der Waals surface area contributed by atoms with Crippen molar-refractivity contribution in [3.05, 3.63) is 0 Å². The number of ether oxygens (including phenoxy) is 2. The monoisotopic (exact) mass is 877 g/mol. The van der Waals surface area contributed by atoms with Crippen LogP contribution in [0.4, 0.5) is 0 Å². The molecule has 0 heterocycles. The molecule has 0 saturated heterocycles. The fourth-order valence-corrected chi connectivity index (χ4v) is 9.09. The number of esters is 2. The highest BCUT2D eigenvalue weighted by molar-refractivity contribution is 5.70. The zero-order valence-corrected chi connectivity index (χ0v) is 42.4. The van der Waals surface area contributed by atoms with Crippen molar-refractivity contribution in [3.8, 4) is 0 Å². The number of aliphatic hydroxyl groups excluding tert-OH is 1. The summed E-state index contributed by atoms with van der Waals surface area (Å²) in [6, 6.07) is 0. The Balaban J connectivity index is 3.36. The summed E-state index contributed by atoms with van der Waals surface area (Å²) in [7, 11) is 0. The van der Waals surface area contributed by atoms with E-state index in [-0.39, 0.29) is 25.2 Å². The van der Waals surface area contributed by atoms with Crippen LogP contribution in [0.3, 0.4) is 0 Å². The molecule has 0 fully saturated rings. The summed E-state index contributed by atoms with van der Waals surface area (Å²) in [5.74, 6) is -0.565. The van der Waals surface area contributed by atoms with Crippen LogP contribution in [0, 0.1) is 0 Å². The Kier molecular flexibility index (Phi) is 53.3. The molecule has 1 atom stereocenters. The summed E-state index contributed by atoms with van der Waals surface area (Å²) in [4.78, 5) is 24.5. The van der Waals surface area contributed by atoms with Gasteiger partial charge in [-0.1, -0.05) is 309 Å². The van der Waals surface area contributed by atoms with E-state index in [4.69, 9.17) is 9.47 Å². The molecule has 0 rings (SSSR count). The molecule has 0 aliphatic rings. The fraction of sp³-hybridized carbons (Fsp3) is 0.965. The van der Waals surface area contributed by atoms with Crippen molar-refractivity contribution in [1.82, 2.24) is 0 Å². The second-order valence-corrected chi connectivity index (χ2v) is 19.7. The summed E-state index contributed by atoms with van der Waals surface area (Å²) in [6.07, 6.45) is 65.2. The molecule has 370 valence electrons. The maximum atomic E-state index is 12.3. The number of aliphatic hydroxyl groups is 1. The third kappa shape index (κ3) is 51.5. The van der Waals surface area contributed by atoms with Gasteiger partial charge in [0.25, 0.3) is 0 Å². The van der Waals surface area contributed by atoms with Gasteiger partial charge < -0.3 is 14.6 Å². The molecule has 0 amide bonds. The Morgan fingerprint density at radius 2 is 0.500 bits per heavy atom. The predicted octanol–water partition coefficient (Wildman–Crippen LogP) is 19.0. The summed E-state index contributed by atoms with van der Waals surface area (Å²) in [6.45, 7) is 4.20. The van der Waals surface area contributed by atoms with E-state index in [2.05, 4.69) is 13.8 Å². The Hall–Kier alpha value is -1.10. The molecule has 0 aromatic rings. The maximum absolute atomic E-state index is 12.3. The van der Waals surface area contributed by atoms with Crippen LogP contribution in [-0.2, 0) is 19.1 Å². The first-order valence-corrected chi connectivity index (χ1v) is 28.6. The minimum Gasteiger partial charge on any atom is -0.462 e. The van der Waals surface area contributed by atoms with Crippen LogP contribution >= 0.6 is 0 Å². The van der Waals surface area contributed by atoms with Gasteiger partial charge in [0.15, 0.2) is 6.10 Å². The first kappa shape index (κ1) is 60.9. The van der Waals surface area contributed by atoms with Crippen LogP contribution in [0.1, 0.15) is 335 Å². The second kappa shape index (κ2) is 54.2. The number of carbonyl (C=O) groups excluding carboxylic acids is 2. The van der Waals surface area contributed by atoms with Crippen LogP contribution in [0.2, 0.25) is 0 Å². The Morgan fingerprint density at radius 3 is 0.710 bits per heavy atom. The van der Waals surface area contributed by atoms with Gasteiger partial charge in [-0.15, -0.1) is 0 Å². The third-order valence-corrected chi connectivity index (χ3v) is 13.4. The summed E-state index contributed by atoms with van der Waals surface area (Å²) < 4.78 is 10.7. The molecule has 0 aliphatic heterocycles. The van der Waals surface area contributed by atoms with E-state index in [1.807, 2.05) is 0 Å².